The van der Waals surface area contributed by atoms with Crippen molar-refractivity contribution < 1.29 is 28.5 Å². The quantitative estimate of drug-likeness (QED) is 0.139. The molecule has 2 aromatic carbocycles. The fraction of sp³-hybridized carbons (Fsp3) is 0.639. The SMILES string of the molecule is CC(=O)COCC(CC(C)(C)OCCCc1ccccc1)OC(C)(C)C(C)(C)CC(COc1ccccc1)OC(C)C. The minimum atomic E-state index is -0.536. The summed E-state index contributed by atoms with van der Waals surface area (Å²) >= 11 is 0. The molecule has 6 nitrogen and oxygen atoms in total. The number of aryl methyl sites for hydroxylation is 1. The Labute approximate surface area is 255 Å². The third kappa shape index (κ3) is 13.8. The van der Waals surface area contributed by atoms with E-state index in [2.05, 4.69) is 79.7 Å². The summed E-state index contributed by atoms with van der Waals surface area (Å²) in [5.41, 5.74) is 0.0853. The smallest absolute Gasteiger partial charge is 0.155 e. The number of carbonyl (C=O) groups is 1. The van der Waals surface area contributed by atoms with Crippen LogP contribution in [0.4, 0.5) is 0 Å². The summed E-state index contributed by atoms with van der Waals surface area (Å²) in [6, 6.07) is 20.3. The van der Waals surface area contributed by atoms with Gasteiger partial charge in [0.2, 0.25) is 0 Å². The third-order valence-electron chi connectivity index (χ3n) is 7.75. The van der Waals surface area contributed by atoms with Crippen molar-refractivity contribution in [1.82, 2.24) is 0 Å². The first-order valence-corrected chi connectivity index (χ1v) is 15.5. The maximum Gasteiger partial charge on any atom is 0.155 e. The van der Waals surface area contributed by atoms with Crippen molar-refractivity contribution in [3.63, 3.8) is 0 Å². The van der Waals surface area contributed by atoms with Crippen LogP contribution in [0, 0.1) is 5.41 Å². The lowest BCUT2D eigenvalue weighted by molar-refractivity contribution is -0.183. The lowest BCUT2D eigenvalue weighted by Crippen LogP contribution is -2.49. The average molecular weight is 585 g/mol. The lowest BCUT2D eigenvalue weighted by atomic mass is 9.73. The zero-order valence-electron chi connectivity index (χ0n) is 27.6. The lowest BCUT2D eigenvalue weighted by Gasteiger charge is -2.46. The van der Waals surface area contributed by atoms with Crippen molar-refractivity contribution in [2.45, 2.75) is 118 Å². The molecular weight excluding hydrogens is 528 g/mol. The van der Waals surface area contributed by atoms with Gasteiger partial charge < -0.3 is 23.7 Å². The van der Waals surface area contributed by atoms with Crippen LogP contribution in [0.25, 0.3) is 0 Å². The second-order valence-corrected chi connectivity index (χ2v) is 13.4. The summed E-state index contributed by atoms with van der Waals surface area (Å²) in [5.74, 6) is 0.828. The zero-order chi connectivity index (χ0) is 31.2. The highest BCUT2D eigenvalue weighted by atomic mass is 16.6. The molecule has 0 bridgehead atoms. The number of benzene rings is 2. The van der Waals surface area contributed by atoms with Gasteiger partial charge in [0.1, 0.15) is 19.0 Å². The molecule has 0 saturated heterocycles. The summed E-state index contributed by atoms with van der Waals surface area (Å²) in [7, 11) is 0. The molecule has 2 aromatic rings. The summed E-state index contributed by atoms with van der Waals surface area (Å²) < 4.78 is 31.4. The average Bonchev–Trinajstić information content (AvgIpc) is 2.89. The minimum absolute atomic E-state index is 0.00291. The number of rotatable bonds is 21. The molecule has 0 heterocycles. The molecule has 0 aromatic heterocycles. The molecule has 0 amide bonds. The van der Waals surface area contributed by atoms with Crippen molar-refractivity contribution >= 4 is 5.78 Å². The molecule has 6 heteroatoms. The molecular formula is C36H56O6. The number of hydrogen-bond acceptors (Lipinski definition) is 6. The Morgan fingerprint density at radius 1 is 0.810 bits per heavy atom. The molecule has 0 aliphatic rings. The molecule has 2 unspecified atom stereocenters. The van der Waals surface area contributed by atoms with E-state index >= 15 is 0 Å². The normalized spacial score (nSPS) is 14.1. The van der Waals surface area contributed by atoms with Crippen molar-refractivity contribution in [2.75, 3.05) is 26.4 Å². The predicted molar refractivity (Wildman–Crippen MR) is 170 cm³/mol. The fourth-order valence-electron chi connectivity index (χ4n) is 4.97. The van der Waals surface area contributed by atoms with Gasteiger partial charge >= 0.3 is 0 Å². The first kappa shape index (κ1) is 35.9. The van der Waals surface area contributed by atoms with Gasteiger partial charge in [-0.1, -0.05) is 62.4 Å². The van der Waals surface area contributed by atoms with E-state index in [-0.39, 0.29) is 36.1 Å². The number of hydrogen-bond donors (Lipinski definition) is 0. The summed E-state index contributed by atoms with van der Waals surface area (Å²) in [5, 5.41) is 0. The van der Waals surface area contributed by atoms with Crippen LogP contribution in [0.5, 0.6) is 5.75 Å². The highest BCUT2D eigenvalue weighted by Crippen LogP contribution is 2.40. The first-order valence-electron chi connectivity index (χ1n) is 15.5. The molecule has 0 saturated carbocycles. The molecule has 0 N–H and O–H groups in total. The topological polar surface area (TPSA) is 63.2 Å². The third-order valence-corrected chi connectivity index (χ3v) is 7.75. The van der Waals surface area contributed by atoms with Crippen LogP contribution < -0.4 is 4.74 Å². The van der Waals surface area contributed by atoms with Gasteiger partial charge in [-0.2, -0.15) is 0 Å². The Balaban J connectivity index is 2.05. The maximum absolute atomic E-state index is 11.6. The Morgan fingerprint density at radius 2 is 1.43 bits per heavy atom. The van der Waals surface area contributed by atoms with E-state index in [1.54, 1.807) is 0 Å². The van der Waals surface area contributed by atoms with Crippen LogP contribution in [-0.4, -0.2) is 61.7 Å². The number of carbonyl (C=O) groups excluding carboxylic acids is 1. The highest BCUT2D eigenvalue weighted by Gasteiger charge is 2.42. The highest BCUT2D eigenvalue weighted by molar-refractivity contribution is 5.76. The van der Waals surface area contributed by atoms with Gasteiger partial charge in [0.15, 0.2) is 5.78 Å². The predicted octanol–water partition coefficient (Wildman–Crippen LogP) is 7.86. The molecule has 0 radical (unpaired) electrons. The van der Waals surface area contributed by atoms with Crippen LogP contribution in [0.1, 0.15) is 87.1 Å². The first-order chi connectivity index (χ1) is 19.7. The Bertz CT molecular complexity index is 1020. The largest absolute Gasteiger partial charge is 0.491 e. The van der Waals surface area contributed by atoms with E-state index in [0.717, 1.165) is 25.0 Å². The Morgan fingerprint density at radius 3 is 2.02 bits per heavy atom. The van der Waals surface area contributed by atoms with E-state index in [4.69, 9.17) is 23.7 Å². The number of Topliss-reactive ketones (excluding diaryl/α,β-unsaturated/α-hetero) is 1. The van der Waals surface area contributed by atoms with Crippen LogP contribution in [-0.2, 0) is 30.2 Å². The minimum Gasteiger partial charge on any atom is -0.491 e. The Hall–Kier alpha value is -2.25. The van der Waals surface area contributed by atoms with E-state index in [1.807, 2.05) is 36.4 Å². The number of ether oxygens (including phenoxy) is 5. The summed E-state index contributed by atoms with van der Waals surface area (Å²) in [6.07, 6.45) is 3.01. The molecule has 0 fully saturated rings. The van der Waals surface area contributed by atoms with Crippen molar-refractivity contribution in [2.24, 2.45) is 5.41 Å². The van der Waals surface area contributed by atoms with Crippen molar-refractivity contribution in [3.05, 3.63) is 66.2 Å². The van der Waals surface area contributed by atoms with Crippen LogP contribution >= 0.6 is 0 Å². The van der Waals surface area contributed by atoms with E-state index in [0.29, 0.717) is 26.2 Å². The molecule has 42 heavy (non-hydrogen) atoms. The second-order valence-electron chi connectivity index (χ2n) is 13.4. The number of para-hydroxylation sites is 1. The van der Waals surface area contributed by atoms with Gasteiger partial charge in [0.05, 0.1) is 36.1 Å². The van der Waals surface area contributed by atoms with Gasteiger partial charge in [0, 0.05) is 13.0 Å². The molecule has 2 rings (SSSR count). The molecule has 0 aliphatic carbocycles. The molecule has 2 atom stereocenters. The van der Waals surface area contributed by atoms with E-state index in [9.17, 15) is 4.79 Å². The summed E-state index contributed by atoms with van der Waals surface area (Å²) in [6.45, 7) is 20.0. The van der Waals surface area contributed by atoms with Gasteiger partial charge in [-0.15, -0.1) is 0 Å². The van der Waals surface area contributed by atoms with Gasteiger partial charge in [-0.05, 0) is 90.8 Å². The molecule has 236 valence electrons. The van der Waals surface area contributed by atoms with Crippen LogP contribution in [0.3, 0.4) is 0 Å². The van der Waals surface area contributed by atoms with E-state index in [1.165, 1.54) is 12.5 Å². The maximum atomic E-state index is 11.6. The van der Waals surface area contributed by atoms with Gasteiger partial charge in [-0.25, -0.2) is 0 Å². The Kier molecular flexibility index (Phi) is 14.7. The van der Waals surface area contributed by atoms with Gasteiger partial charge in [-0.3, -0.25) is 4.79 Å². The monoisotopic (exact) mass is 584 g/mol. The van der Waals surface area contributed by atoms with Crippen molar-refractivity contribution in [1.29, 1.82) is 0 Å². The standard InChI is InChI=1S/C36H56O6/c1-28(2)41-32(27-39-31-20-14-11-15-21-31)23-34(4,5)36(8,9)42-33(26-38-25-29(3)37)24-35(6,7)40-22-16-19-30-17-12-10-13-18-30/h10-15,17-18,20-21,28,32-33H,16,19,22-27H2,1-9H3. The van der Waals surface area contributed by atoms with Gasteiger partial charge in [0.25, 0.3) is 0 Å². The van der Waals surface area contributed by atoms with Crippen LogP contribution in [0.2, 0.25) is 0 Å². The van der Waals surface area contributed by atoms with E-state index < -0.39 is 11.2 Å². The molecule has 0 spiro atoms. The second kappa shape index (κ2) is 17.1. The summed E-state index contributed by atoms with van der Waals surface area (Å²) in [4.78, 5) is 11.6. The van der Waals surface area contributed by atoms with Crippen LogP contribution in [0.15, 0.2) is 60.7 Å². The number of ketones is 1. The zero-order valence-corrected chi connectivity index (χ0v) is 27.6. The fourth-order valence-corrected chi connectivity index (χ4v) is 4.97. The van der Waals surface area contributed by atoms with Crippen molar-refractivity contribution in [3.8, 4) is 5.75 Å². The molecule has 0 aliphatic heterocycles.